The van der Waals surface area contributed by atoms with Crippen molar-refractivity contribution in [3.63, 3.8) is 0 Å². The lowest BCUT2D eigenvalue weighted by Crippen LogP contribution is -2.32. The van der Waals surface area contributed by atoms with Crippen molar-refractivity contribution in [1.29, 1.82) is 0 Å². The fraction of sp³-hybridized carbons (Fsp3) is 0.0909. The van der Waals surface area contributed by atoms with Gasteiger partial charge in [-0.2, -0.15) is 0 Å². The van der Waals surface area contributed by atoms with Gasteiger partial charge in [0.1, 0.15) is 6.04 Å². The molecule has 0 amide bonds. The summed E-state index contributed by atoms with van der Waals surface area (Å²) in [6.45, 7) is 0. The second-order valence-electron chi connectivity index (χ2n) is 6.93. The molecule has 8 heteroatoms. The fourth-order valence-corrected chi connectivity index (χ4v) is 3.34. The first-order valence-corrected chi connectivity index (χ1v) is 9.23. The Kier molecular flexibility index (Phi) is 4.99. The van der Waals surface area contributed by atoms with Crippen LogP contribution in [-0.4, -0.2) is 27.0 Å². The van der Waals surface area contributed by atoms with Gasteiger partial charge in [0.05, 0.1) is 21.6 Å². The van der Waals surface area contributed by atoms with Crippen molar-refractivity contribution in [2.75, 3.05) is 5.32 Å². The number of carbonyl (C=O) groups is 1. The number of carboxylic acid groups (broad SMARTS) is 1. The lowest BCUT2D eigenvalue weighted by Gasteiger charge is -2.14. The summed E-state index contributed by atoms with van der Waals surface area (Å²) in [7, 11) is 0. The summed E-state index contributed by atoms with van der Waals surface area (Å²) >= 11 is 0. The Morgan fingerprint density at radius 2 is 1.77 bits per heavy atom. The molecule has 0 saturated carbocycles. The van der Waals surface area contributed by atoms with Gasteiger partial charge in [-0.25, -0.2) is 4.98 Å². The number of nitrogens with zero attached hydrogens (tertiary/aromatic N) is 2. The molecule has 0 radical (unpaired) electrons. The smallest absolute Gasteiger partial charge is 0.320 e. The summed E-state index contributed by atoms with van der Waals surface area (Å²) in [5, 5.41) is 25.1. The lowest BCUT2D eigenvalue weighted by atomic mass is 10.0. The number of nitro groups is 1. The molecule has 0 aliphatic heterocycles. The Labute approximate surface area is 171 Å². The third-order valence-corrected chi connectivity index (χ3v) is 4.87. The van der Waals surface area contributed by atoms with Gasteiger partial charge in [0.2, 0.25) is 0 Å². The maximum absolute atomic E-state index is 11.2. The molecule has 0 fully saturated rings. The van der Waals surface area contributed by atoms with Gasteiger partial charge >= 0.3 is 5.97 Å². The number of nitro benzene ring substituents is 1. The average molecular weight is 402 g/mol. The van der Waals surface area contributed by atoms with Crippen molar-refractivity contribution in [3.05, 3.63) is 82.4 Å². The number of nitrogens with one attached hydrogen (secondary N) is 1. The first-order chi connectivity index (χ1) is 14.4. The van der Waals surface area contributed by atoms with E-state index in [9.17, 15) is 14.9 Å². The number of benzene rings is 3. The van der Waals surface area contributed by atoms with Gasteiger partial charge in [0.25, 0.3) is 5.69 Å². The molecule has 0 unspecified atom stereocenters. The van der Waals surface area contributed by atoms with Crippen molar-refractivity contribution < 1.29 is 14.8 Å². The molecular formula is C22H18N4O4. The zero-order valence-electron chi connectivity index (χ0n) is 15.8. The van der Waals surface area contributed by atoms with E-state index in [2.05, 4.69) is 10.3 Å². The molecule has 0 spiro atoms. The van der Waals surface area contributed by atoms with Crippen molar-refractivity contribution in [2.45, 2.75) is 12.5 Å². The number of hydrogen-bond donors (Lipinski definition) is 3. The SMILES string of the molecule is N[C@@H](Cc1ccc(Nc2c3ccccc3nc3cc([N+](=O)[O-])ccc23)cc1)C(=O)O. The predicted octanol–water partition coefficient (Wildman–Crippen LogP) is 3.99. The van der Waals surface area contributed by atoms with Crippen LogP contribution in [0.5, 0.6) is 0 Å². The Morgan fingerprint density at radius 1 is 1.07 bits per heavy atom. The number of para-hydroxylation sites is 1. The van der Waals surface area contributed by atoms with E-state index in [4.69, 9.17) is 10.8 Å². The summed E-state index contributed by atoms with van der Waals surface area (Å²) in [6, 6.07) is 18.6. The van der Waals surface area contributed by atoms with Gasteiger partial charge in [-0.3, -0.25) is 14.9 Å². The average Bonchev–Trinajstić information content (AvgIpc) is 2.74. The number of carboxylic acids is 1. The van der Waals surface area contributed by atoms with Crippen LogP contribution in [-0.2, 0) is 11.2 Å². The molecule has 1 atom stereocenters. The highest BCUT2D eigenvalue weighted by Gasteiger charge is 2.14. The minimum absolute atomic E-state index is 0.0182. The number of anilines is 2. The molecule has 1 aromatic heterocycles. The molecule has 0 bridgehead atoms. The molecule has 30 heavy (non-hydrogen) atoms. The molecule has 4 N–H and O–H groups in total. The molecular weight excluding hydrogens is 384 g/mol. The van der Waals surface area contributed by atoms with Crippen LogP contribution in [0, 0.1) is 10.1 Å². The van der Waals surface area contributed by atoms with Crippen LogP contribution < -0.4 is 11.1 Å². The van der Waals surface area contributed by atoms with Gasteiger partial charge in [-0.1, -0.05) is 30.3 Å². The quantitative estimate of drug-likeness (QED) is 0.252. The molecule has 150 valence electrons. The van der Waals surface area contributed by atoms with Crippen molar-refractivity contribution in [2.24, 2.45) is 5.73 Å². The normalized spacial score (nSPS) is 12.0. The van der Waals surface area contributed by atoms with E-state index in [1.165, 1.54) is 12.1 Å². The molecule has 4 aromatic rings. The highest BCUT2D eigenvalue weighted by atomic mass is 16.6. The number of fused-ring (bicyclic) bond motifs is 2. The van der Waals surface area contributed by atoms with Gasteiger partial charge in [-0.05, 0) is 36.2 Å². The first-order valence-electron chi connectivity index (χ1n) is 9.23. The molecule has 3 aromatic carbocycles. The standard InChI is InChI=1S/C22H18N4O4/c23-18(22(27)28)11-13-5-7-14(8-6-13)24-21-16-3-1-2-4-19(16)25-20-12-15(26(29)30)9-10-17(20)21/h1-10,12,18H,11,23H2,(H,24,25)(H,27,28)/t18-/m0/s1. The van der Waals surface area contributed by atoms with Crippen LogP contribution in [0.3, 0.4) is 0 Å². The minimum atomic E-state index is -1.04. The van der Waals surface area contributed by atoms with E-state index < -0.39 is 16.9 Å². The summed E-state index contributed by atoms with van der Waals surface area (Å²) in [4.78, 5) is 26.2. The Morgan fingerprint density at radius 3 is 2.47 bits per heavy atom. The summed E-state index contributed by atoms with van der Waals surface area (Å²) in [5.41, 5.74) is 9.22. The highest BCUT2D eigenvalue weighted by molar-refractivity contribution is 6.09. The van der Waals surface area contributed by atoms with Crippen LogP contribution in [0.15, 0.2) is 66.7 Å². The fourth-order valence-electron chi connectivity index (χ4n) is 3.34. The summed E-state index contributed by atoms with van der Waals surface area (Å²) in [5.74, 6) is -1.04. The van der Waals surface area contributed by atoms with Gasteiger partial charge < -0.3 is 16.2 Å². The monoisotopic (exact) mass is 402 g/mol. The van der Waals surface area contributed by atoms with Crippen LogP contribution >= 0.6 is 0 Å². The Bertz CT molecular complexity index is 1270. The molecule has 0 aliphatic carbocycles. The highest BCUT2D eigenvalue weighted by Crippen LogP contribution is 2.34. The van der Waals surface area contributed by atoms with Crippen molar-refractivity contribution in [1.82, 2.24) is 4.98 Å². The minimum Gasteiger partial charge on any atom is -0.480 e. The molecule has 1 heterocycles. The van der Waals surface area contributed by atoms with Crippen molar-refractivity contribution in [3.8, 4) is 0 Å². The van der Waals surface area contributed by atoms with Crippen LogP contribution in [0.25, 0.3) is 21.8 Å². The summed E-state index contributed by atoms with van der Waals surface area (Å²) < 4.78 is 0. The van der Waals surface area contributed by atoms with Crippen LogP contribution in [0.2, 0.25) is 0 Å². The molecule has 0 saturated heterocycles. The Balaban J connectivity index is 1.75. The third-order valence-electron chi connectivity index (χ3n) is 4.87. The molecule has 0 aliphatic rings. The van der Waals surface area contributed by atoms with E-state index in [-0.39, 0.29) is 12.1 Å². The third kappa shape index (κ3) is 3.76. The number of nitrogens with two attached hydrogens (primary N) is 1. The van der Waals surface area contributed by atoms with E-state index in [0.717, 1.165) is 33.2 Å². The van der Waals surface area contributed by atoms with Crippen LogP contribution in [0.4, 0.5) is 17.1 Å². The molecule has 8 nitrogen and oxygen atoms in total. The predicted molar refractivity (Wildman–Crippen MR) is 115 cm³/mol. The lowest BCUT2D eigenvalue weighted by molar-refractivity contribution is -0.384. The number of aliphatic carboxylic acids is 1. The zero-order chi connectivity index (χ0) is 21.3. The first kappa shape index (κ1) is 19.3. The number of pyridine rings is 1. The van der Waals surface area contributed by atoms with Gasteiger partial charge in [0, 0.05) is 28.6 Å². The van der Waals surface area contributed by atoms with Gasteiger partial charge in [-0.15, -0.1) is 0 Å². The van der Waals surface area contributed by atoms with Gasteiger partial charge in [0.15, 0.2) is 0 Å². The summed E-state index contributed by atoms with van der Waals surface area (Å²) in [6.07, 6.45) is 0.237. The second-order valence-corrected chi connectivity index (χ2v) is 6.93. The maximum Gasteiger partial charge on any atom is 0.320 e. The number of hydrogen-bond acceptors (Lipinski definition) is 6. The van der Waals surface area contributed by atoms with E-state index in [0.29, 0.717) is 5.52 Å². The van der Waals surface area contributed by atoms with E-state index in [1.807, 2.05) is 48.5 Å². The largest absolute Gasteiger partial charge is 0.480 e. The maximum atomic E-state index is 11.2. The zero-order valence-corrected chi connectivity index (χ0v) is 15.8. The Hall–Kier alpha value is -4.04. The van der Waals surface area contributed by atoms with Crippen LogP contribution in [0.1, 0.15) is 5.56 Å². The van der Waals surface area contributed by atoms with Crippen molar-refractivity contribution >= 4 is 44.8 Å². The topological polar surface area (TPSA) is 131 Å². The number of rotatable bonds is 6. The number of aromatic nitrogens is 1. The number of non-ortho nitro benzene ring substituents is 1. The van der Waals surface area contributed by atoms with E-state index in [1.54, 1.807) is 6.07 Å². The van der Waals surface area contributed by atoms with E-state index >= 15 is 0 Å². The second kappa shape index (κ2) is 7.76. The molecule has 4 rings (SSSR count).